The van der Waals surface area contributed by atoms with Crippen LogP contribution in [0.15, 0.2) is 24.3 Å². The monoisotopic (exact) mass is 418 g/mol. The lowest BCUT2D eigenvalue weighted by Crippen LogP contribution is -2.33. The molecule has 0 bridgehead atoms. The van der Waals surface area contributed by atoms with Gasteiger partial charge in [0.25, 0.3) is 0 Å². The summed E-state index contributed by atoms with van der Waals surface area (Å²) in [5, 5.41) is 0. The van der Waals surface area contributed by atoms with Crippen molar-refractivity contribution in [1.29, 1.82) is 0 Å². The van der Waals surface area contributed by atoms with Crippen LogP contribution in [0.5, 0.6) is 11.5 Å². The maximum absolute atomic E-state index is 12.9. The summed E-state index contributed by atoms with van der Waals surface area (Å²) in [6, 6.07) is 4.68. The molecule has 0 amide bonds. The van der Waals surface area contributed by atoms with Crippen molar-refractivity contribution in [3.05, 3.63) is 24.3 Å². The third kappa shape index (κ3) is 7.86. The average molecular weight is 418 g/mol. The minimum absolute atomic E-state index is 0.162. The molecule has 0 N–H and O–H groups in total. The van der Waals surface area contributed by atoms with Gasteiger partial charge in [0.2, 0.25) is 0 Å². The molecular weight excluding hydrogens is 388 g/mol. The van der Waals surface area contributed by atoms with Gasteiger partial charge in [0.05, 0.1) is 5.92 Å². The quantitative estimate of drug-likeness (QED) is 0.168. The first-order chi connectivity index (χ1) is 13.8. The zero-order valence-electron chi connectivity index (χ0n) is 16.8. The van der Waals surface area contributed by atoms with Gasteiger partial charge in [-0.3, -0.25) is 4.79 Å². The molecule has 0 unspecified atom stereocenters. The molecule has 0 saturated heterocycles. The third-order valence-electron chi connectivity index (χ3n) is 5.45. The summed E-state index contributed by atoms with van der Waals surface area (Å²) < 4.78 is 59.4. The minimum Gasteiger partial charge on any atom is -0.428 e. The fraction of sp³-hybridized carbons (Fsp3) is 0.682. The summed E-state index contributed by atoms with van der Waals surface area (Å²) in [4.78, 5) is 12.3. The number of benzene rings is 1. The van der Waals surface area contributed by atoms with Crippen LogP contribution in [0.4, 0.5) is 17.6 Å². The van der Waals surface area contributed by atoms with Gasteiger partial charge in [-0.1, -0.05) is 45.4 Å². The van der Waals surface area contributed by atoms with Crippen molar-refractivity contribution in [2.45, 2.75) is 83.7 Å². The van der Waals surface area contributed by atoms with E-state index in [4.69, 9.17) is 4.74 Å². The van der Waals surface area contributed by atoms with E-state index in [0.29, 0.717) is 5.92 Å². The SMILES string of the molecule is CCCCCCCC1CCC(C(=O)Oc2ccc(OC(F)(F)C(F)F)cc2)CC1. The Morgan fingerprint density at radius 3 is 2.17 bits per heavy atom. The molecule has 1 aromatic carbocycles. The van der Waals surface area contributed by atoms with Crippen molar-refractivity contribution in [3.8, 4) is 11.5 Å². The summed E-state index contributed by atoms with van der Waals surface area (Å²) in [6.07, 6.45) is 2.70. The molecule has 0 aliphatic heterocycles. The highest BCUT2D eigenvalue weighted by molar-refractivity contribution is 5.75. The maximum atomic E-state index is 12.9. The van der Waals surface area contributed by atoms with E-state index >= 15 is 0 Å². The molecule has 0 radical (unpaired) electrons. The highest BCUT2D eigenvalue weighted by Gasteiger charge is 2.43. The Hall–Kier alpha value is -1.79. The third-order valence-corrected chi connectivity index (χ3v) is 5.45. The molecule has 2 rings (SSSR count). The second-order valence-corrected chi connectivity index (χ2v) is 7.78. The fourth-order valence-electron chi connectivity index (χ4n) is 3.70. The first-order valence-electron chi connectivity index (χ1n) is 10.5. The van der Waals surface area contributed by atoms with Gasteiger partial charge < -0.3 is 9.47 Å². The summed E-state index contributed by atoms with van der Waals surface area (Å²) in [6.45, 7) is 2.20. The van der Waals surface area contributed by atoms with Gasteiger partial charge in [0, 0.05) is 0 Å². The van der Waals surface area contributed by atoms with E-state index in [1.54, 1.807) is 0 Å². The number of alkyl halides is 4. The van der Waals surface area contributed by atoms with Crippen LogP contribution in [0.3, 0.4) is 0 Å². The zero-order valence-corrected chi connectivity index (χ0v) is 16.8. The Bertz CT molecular complexity index is 611. The van der Waals surface area contributed by atoms with E-state index in [-0.39, 0.29) is 17.6 Å². The molecular formula is C22H30F4O3. The molecule has 0 heterocycles. The Morgan fingerprint density at radius 1 is 1.00 bits per heavy atom. The molecule has 7 heteroatoms. The first kappa shape index (κ1) is 23.5. The van der Waals surface area contributed by atoms with E-state index in [0.717, 1.165) is 37.8 Å². The molecule has 3 nitrogen and oxygen atoms in total. The Labute approximate surface area is 169 Å². The van der Waals surface area contributed by atoms with Crippen molar-refractivity contribution < 1.29 is 31.8 Å². The topological polar surface area (TPSA) is 35.5 Å². The molecule has 1 aliphatic rings. The van der Waals surface area contributed by atoms with Crippen molar-refractivity contribution >= 4 is 5.97 Å². The van der Waals surface area contributed by atoms with Gasteiger partial charge in [-0.25, -0.2) is 0 Å². The van der Waals surface area contributed by atoms with Crippen molar-refractivity contribution in [2.24, 2.45) is 11.8 Å². The first-order valence-corrected chi connectivity index (χ1v) is 10.5. The van der Waals surface area contributed by atoms with Crippen LogP contribution in [-0.4, -0.2) is 18.5 Å². The lowest BCUT2D eigenvalue weighted by Gasteiger charge is -2.27. The Morgan fingerprint density at radius 2 is 1.59 bits per heavy atom. The maximum Gasteiger partial charge on any atom is 0.461 e. The lowest BCUT2D eigenvalue weighted by molar-refractivity contribution is -0.253. The second-order valence-electron chi connectivity index (χ2n) is 7.78. The van der Waals surface area contributed by atoms with Crippen molar-refractivity contribution in [1.82, 2.24) is 0 Å². The van der Waals surface area contributed by atoms with Crippen LogP contribution in [0.25, 0.3) is 0 Å². The largest absolute Gasteiger partial charge is 0.461 e. The second kappa shape index (κ2) is 11.4. The molecule has 0 atom stereocenters. The number of hydrogen-bond donors (Lipinski definition) is 0. The molecule has 1 saturated carbocycles. The van der Waals surface area contributed by atoms with Gasteiger partial charge in [0.1, 0.15) is 11.5 Å². The number of hydrogen-bond acceptors (Lipinski definition) is 3. The van der Waals surface area contributed by atoms with Crippen LogP contribution in [-0.2, 0) is 4.79 Å². The van der Waals surface area contributed by atoms with E-state index in [1.807, 2.05) is 0 Å². The predicted molar refractivity (Wildman–Crippen MR) is 102 cm³/mol. The highest BCUT2D eigenvalue weighted by atomic mass is 19.3. The van der Waals surface area contributed by atoms with E-state index in [2.05, 4.69) is 11.7 Å². The van der Waals surface area contributed by atoms with Gasteiger partial charge in [-0.05, 0) is 55.9 Å². The van der Waals surface area contributed by atoms with Crippen LogP contribution in [0.1, 0.15) is 71.1 Å². The molecule has 0 spiro atoms. The van der Waals surface area contributed by atoms with Gasteiger partial charge >= 0.3 is 18.5 Å². The summed E-state index contributed by atoms with van der Waals surface area (Å²) >= 11 is 0. The number of ether oxygens (including phenoxy) is 2. The number of carbonyl (C=O) groups excluding carboxylic acids is 1. The van der Waals surface area contributed by atoms with Gasteiger partial charge in [0.15, 0.2) is 0 Å². The Balaban J connectivity index is 1.73. The standard InChI is InChI=1S/C22H30F4O3/c1-2-3-4-5-6-7-16-8-10-17(11-9-16)20(27)28-18-12-14-19(15-13-18)29-22(25,26)21(23)24/h12-17,21H,2-11H2,1H3. The van der Waals surface area contributed by atoms with Gasteiger partial charge in [-0.2, -0.15) is 17.6 Å². The highest BCUT2D eigenvalue weighted by Crippen LogP contribution is 2.33. The molecule has 1 aliphatic carbocycles. The molecule has 29 heavy (non-hydrogen) atoms. The number of rotatable bonds is 11. The number of carbonyl (C=O) groups is 1. The predicted octanol–water partition coefficient (Wildman–Crippen LogP) is 7.00. The van der Waals surface area contributed by atoms with Crippen LogP contribution < -0.4 is 9.47 Å². The number of esters is 1. The van der Waals surface area contributed by atoms with Crippen LogP contribution in [0.2, 0.25) is 0 Å². The number of halogens is 4. The zero-order chi connectivity index (χ0) is 21.3. The van der Waals surface area contributed by atoms with Crippen LogP contribution in [0, 0.1) is 11.8 Å². The molecule has 1 fully saturated rings. The van der Waals surface area contributed by atoms with Gasteiger partial charge in [-0.15, -0.1) is 0 Å². The lowest BCUT2D eigenvalue weighted by atomic mass is 9.80. The Kier molecular flexibility index (Phi) is 9.24. The molecule has 164 valence electrons. The summed E-state index contributed by atoms with van der Waals surface area (Å²) in [7, 11) is 0. The van der Waals surface area contributed by atoms with Crippen molar-refractivity contribution in [3.63, 3.8) is 0 Å². The smallest absolute Gasteiger partial charge is 0.428 e. The average Bonchev–Trinajstić information content (AvgIpc) is 2.69. The summed E-state index contributed by atoms with van der Waals surface area (Å²) in [5.41, 5.74) is 0. The molecule has 1 aromatic rings. The summed E-state index contributed by atoms with van der Waals surface area (Å²) in [5.74, 6) is -0.0627. The molecule has 0 aromatic heterocycles. The van der Waals surface area contributed by atoms with E-state index in [1.165, 1.54) is 50.7 Å². The van der Waals surface area contributed by atoms with Crippen LogP contribution >= 0.6 is 0 Å². The normalized spacial score (nSPS) is 19.9. The van der Waals surface area contributed by atoms with Crippen molar-refractivity contribution in [2.75, 3.05) is 0 Å². The number of unbranched alkanes of at least 4 members (excludes halogenated alkanes) is 4. The minimum atomic E-state index is -4.56. The fourth-order valence-corrected chi connectivity index (χ4v) is 3.70. The van der Waals surface area contributed by atoms with E-state index < -0.39 is 18.3 Å². The van der Waals surface area contributed by atoms with E-state index in [9.17, 15) is 22.4 Å².